The number of aromatic nitrogens is 3. The van der Waals surface area contributed by atoms with Gasteiger partial charge in [-0.3, -0.25) is 14.3 Å². The second-order valence-corrected chi connectivity index (χ2v) is 8.47. The Balaban J connectivity index is 1.61. The number of thioether (sulfide) groups is 1. The third-order valence-electron chi connectivity index (χ3n) is 5.26. The van der Waals surface area contributed by atoms with E-state index in [9.17, 15) is 4.79 Å². The number of rotatable bonds is 5. The van der Waals surface area contributed by atoms with Crippen LogP contribution in [0.1, 0.15) is 44.3 Å². The maximum absolute atomic E-state index is 12.4. The molecule has 1 aromatic carbocycles. The summed E-state index contributed by atoms with van der Waals surface area (Å²) in [5.41, 5.74) is 1.06. The number of nitrogens with one attached hydrogen (secondary N) is 1. The summed E-state index contributed by atoms with van der Waals surface area (Å²) in [5.74, 6) is 1.08. The molecule has 0 radical (unpaired) electrons. The molecule has 2 saturated heterocycles. The summed E-state index contributed by atoms with van der Waals surface area (Å²) >= 11 is 1.55. The molecule has 0 bridgehead atoms. The van der Waals surface area contributed by atoms with Crippen LogP contribution in [0.2, 0.25) is 0 Å². The SMILES string of the molecule is O=C1NCCCCC1Sc1nnc(CN2CCCCC2)n1-c1ccccc1. The van der Waals surface area contributed by atoms with Crippen molar-refractivity contribution in [3.63, 3.8) is 0 Å². The summed E-state index contributed by atoms with van der Waals surface area (Å²) in [5, 5.41) is 12.7. The van der Waals surface area contributed by atoms with Crippen LogP contribution in [0.25, 0.3) is 5.69 Å². The van der Waals surface area contributed by atoms with Gasteiger partial charge >= 0.3 is 0 Å². The van der Waals surface area contributed by atoms with Crippen molar-refractivity contribution in [1.82, 2.24) is 25.0 Å². The predicted molar refractivity (Wildman–Crippen MR) is 107 cm³/mol. The van der Waals surface area contributed by atoms with Crippen molar-refractivity contribution >= 4 is 17.7 Å². The van der Waals surface area contributed by atoms with Crippen molar-refractivity contribution < 1.29 is 4.79 Å². The van der Waals surface area contributed by atoms with E-state index in [0.29, 0.717) is 0 Å². The van der Waals surface area contributed by atoms with Gasteiger partial charge in [0.2, 0.25) is 5.91 Å². The van der Waals surface area contributed by atoms with E-state index in [1.54, 1.807) is 11.8 Å². The lowest BCUT2D eigenvalue weighted by Gasteiger charge is -2.26. The number of carbonyl (C=O) groups excluding carboxylic acids is 1. The highest BCUT2D eigenvalue weighted by Crippen LogP contribution is 2.30. The van der Waals surface area contributed by atoms with Crippen LogP contribution in [0.15, 0.2) is 35.5 Å². The molecule has 1 aromatic heterocycles. The Bertz CT molecular complexity index is 757. The molecule has 2 aliphatic heterocycles. The van der Waals surface area contributed by atoms with Crippen molar-refractivity contribution in [2.45, 2.75) is 55.5 Å². The van der Waals surface area contributed by atoms with Crippen LogP contribution >= 0.6 is 11.8 Å². The van der Waals surface area contributed by atoms with Crippen LogP contribution in [0.5, 0.6) is 0 Å². The molecule has 144 valence electrons. The molecule has 0 aliphatic carbocycles. The second kappa shape index (κ2) is 8.89. The summed E-state index contributed by atoms with van der Waals surface area (Å²) in [6.45, 7) is 3.82. The molecule has 2 aromatic rings. The van der Waals surface area contributed by atoms with Gasteiger partial charge in [0.25, 0.3) is 0 Å². The van der Waals surface area contributed by atoms with Gasteiger partial charge in [0.05, 0.1) is 11.8 Å². The van der Waals surface area contributed by atoms with Crippen molar-refractivity contribution in [2.24, 2.45) is 0 Å². The van der Waals surface area contributed by atoms with Crippen molar-refractivity contribution in [1.29, 1.82) is 0 Å². The van der Waals surface area contributed by atoms with Crippen LogP contribution in [0.3, 0.4) is 0 Å². The number of likely N-dealkylation sites (tertiary alicyclic amines) is 1. The highest BCUT2D eigenvalue weighted by Gasteiger charge is 2.26. The summed E-state index contributed by atoms with van der Waals surface area (Å²) in [6.07, 6.45) is 6.83. The first-order chi connectivity index (χ1) is 13.3. The molecule has 4 rings (SSSR count). The fourth-order valence-electron chi connectivity index (χ4n) is 3.78. The zero-order chi connectivity index (χ0) is 18.5. The van der Waals surface area contributed by atoms with E-state index in [0.717, 1.165) is 62.1 Å². The van der Waals surface area contributed by atoms with E-state index in [1.807, 2.05) is 18.2 Å². The summed E-state index contributed by atoms with van der Waals surface area (Å²) in [6, 6.07) is 10.3. The quantitative estimate of drug-likeness (QED) is 0.857. The molecule has 1 amide bonds. The topological polar surface area (TPSA) is 63.1 Å². The number of para-hydroxylation sites is 1. The number of carbonyl (C=O) groups is 1. The van der Waals surface area contributed by atoms with E-state index < -0.39 is 0 Å². The Morgan fingerprint density at radius 2 is 1.85 bits per heavy atom. The number of hydrogen-bond acceptors (Lipinski definition) is 5. The Labute approximate surface area is 164 Å². The summed E-state index contributed by atoms with van der Waals surface area (Å²) < 4.78 is 2.14. The average molecular weight is 386 g/mol. The van der Waals surface area contributed by atoms with Gasteiger partial charge in [0.15, 0.2) is 11.0 Å². The number of hydrogen-bond donors (Lipinski definition) is 1. The van der Waals surface area contributed by atoms with E-state index in [1.165, 1.54) is 19.3 Å². The van der Waals surface area contributed by atoms with Crippen LogP contribution in [-0.4, -0.2) is 50.5 Å². The zero-order valence-corrected chi connectivity index (χ0v) is 16.5. The van der Waals surface area contributed by atoms with E-state index in [-0.39, 0.29) is 11.2 Å². The van der Waals surface area contributed by atoms with Gasteiger partial charge < -0.3 is 5.32 Å². The lowest BCUT2D eigenvalue weighted by molar-refractivity contribution is -0.120. The van der Waals surface area contributed by atoms with Crippen LogP contribution in [0.4, 0.5) is 0 Å². The van der Waals surface area contributed by atoms with Gasteiger partial charge in [-0.1, -0.05) is 42.8 Å². The largest absolute Gasteiger partial charge is 0.355 e. The Morgan fingerprint density at radius 1 is 1.04 bits per heavy atom. The zero-order valence-electron chi connectivity index (χ0n) is 15.6. The normalized spacial score (nSPS) is 21.6. The number of amides is 1. The first-order valence-electron chi connectivity index (χ1n) is 9.98. The minimum Gasteiger partial charge on any atom is -0.355 e. The number of benzene rings is 1. The van der Waals surface area contributed by atoms with E-state index >= 15 is 0 Å². The maximum atomic E-state index is 12.4. The molecule has 3 heterocycles. The molecule has 2 aliphatic rings. The van der Waals surface area contributed by atoms with Gasteiger partial charge in [0.1, 0.15) is 0 Å². The standard InChI is InChI=1S/C20H27N5OS/c26-19-17(11-5-6-12-21-19)27-20-23-22-18(15-24-13-7-2-8-14-24)25(20)16-9-3-1-4-10-16/h1,3-4,9-10,17H,2,5-8,11-15H2,(H,21,26). The van der Waals surface area contributed by atoms with E-state index in [2.05, 4.69) is 37.1 Å². The van der Waals surface area contributed by atoms with Crippen LogP contribution in [-0.2, 0) is 11.3 Å². The summed E-state index contributed by atoms with van der Waals surface area (Å²) in [4.78, 5) is 14.9. The molecule has 7 heteroatoms. The van der Waals surface area contributed by atoms with Gasteiger partial charge in [0, 0.05) is 12.2 Å². The maximum Gasteiger partial charge on any atom is 0.233 e. The molecular formula is C20H27N5OS. The van der Waals surface area contributed by atoms with Gasteiger partial charge in [-0.25, -0.2) is 0 Å². The van der Waals surface area contributed by atoms with Gasteiger partial charge in [-0.05, 0) is 50.9 Å². The first-order valence-corrected chi connectivity index (χ1v) is 10.9. The second-order valence-electron chi connectivity index (χ2n) is 7.30. The lowest BCUT2D eigenvalue weighted by Crippen LogP contribution is -2.31. The van der Waals surface area contributed by atoms with Crippen LogP contribution < -0.4 is 5.32 Å². The fraction of sp³-hybridized carbons (Fsp3) is 0.550. The smallest absolute Gasteiger partial charge is 0.233 e. The lowest BCUT2D eigenvalue weighted by atomic mass is 10.1. The van der Waals surface area contributed by atoms with Gasteiger partial charge in [-0.2, -0.15) is 0 Å². The summed E-state index contributed by atoms with van der Waals surface area (Å²) in [7, 11) is 0. The van der Waals surface area contributed by atoms with Crippen molar-refractivity contribution in [3.8, 4) is 5.69 Å². The molecule has 1 atom stereocenters. The predicted octanol–water partition coefficient (Wildman–Crippen LogP) is 3.01. The molecule has 0 saturated carbocycles. The average Bonchev–Trinajstić information content (AvgIpc) is 2.98. The minimum atomic E-state index is -0.0954. The molecule has 2 fully saturated rings. The van der Waals surface area contributed by atoms with Crippen molar-refractivity contribution in [2.75, 3.05) is 19.6 Å². The minimum absolute atomic E-state index is 0.0954. The van der Waals surface area contributed by atoms with Gasteiger partial charge in [-0.15, -0.1) is 10.2 Å². The van der Waals surface area contributed by atoms with Crippen LogP contribution in [0, 0.1) is 0 Å². The molecular weight excluding hydrogens is 358 g/mol. The highest BCUT2D eigenvalue weighted by atomic mass is 32.2. The van der Waals surface area contributed by atoms with E-state index in [4.69, 9.17) is 0 Å². The fourth-order valence-corrected chi connectivity index (χ4v) is 4.92. The number of nitrogens with zero attached hydrogens (tertiary/aromatic N) is 4. The molecule has 6 nitrogen and oxygen atoms in total. The molecule has 1 N–H and O–H groups in total. The molecule has 1 unspecified atom stereocenters. The highest BCUT2D eigenvalue weighted by molar-refractivity contribution is 8.00. The third kappa shape index (κ3) is 4.52. The van der Waals surface area contributed by atoms with Crippen molar-refractivity contribution in [3.05, 3.63) is 36.2 Å². The monoisotopic (exact) mass is 385 g/mol. The third-order valence-corrected chi connectivity index (χ3v) is 6.47. The Morgan fingerprint density at radius 3 is 2.67 bits per heavy atom. The molecule has 27 heavy (non-hydrogen) atoms. The molecule has 0 spiro atoms. The Hall–Kier alpha value is -1.86. The number of piperidine rings is 1. The first kappa shape index (κ1) is 18.5. The Kier molecular flexibility index (Phi) is 6.09.